The van der Waals surface area contributed by atoms with E-state index >= 15 is 0 Å². The van der Waals surface area contributed by atoms with Gasteiger partial charge in [-0.3, -0.25) is 9.59 Å². The van der Waals surface area contributed by atoms with E-state index in [0.29, 0.717) is 31.0 Å². The molecule has 1 aromatic carbocycles. The maximum absolute atomic E-state index is 13.5. The Balaban J connectivity index is 1.75. The van der Waals surface area contributed by atoms with Gasteiger partial charge in [0.05, 0.1) is 0 Å². The van der Waals surface area contributed by atoms with Gasteiger partial charge in [0.1, 0.15) is 5.82 Å². The molecule has 1 aliphatic carbocycles. The van der Waals surface area contributed by atoms with Crippen molar-refractivity contribution in [3.63, 3.8) is 0 Å². The van der Waals surface area contributed by atoms with E-state index in [0.717, 1.165) is 12.8 Å². The maximum atomic E-state index is 13.5. The van der Waals surface area contributed by atoms with Crippen molar-refractivity contribution in [2.75, 3.05) is 12.3 Å². The number of hydrogen-bond acceptors (Lipinski definition) is 3. The van der Waals surface area contributed by atoms with Crippen LogP contribution in [0.3, 0.4) is 0 Å². The fourth-order valence-corrected chi connectivity index (χ4v) is 1.91. The molecule has 1 saturated carbocycles. The van der Waals surface area contributed by atoms with Crippen molar-refractivity contribution in [1.82, 2.24) is 10.6 Å². The highest BCUT2D eigenvalue weighted by atomic mass is 19.1. The summed E-state index contributed by atoms with van der Waals surface area (Å²) >= 11 is 0. The zero-order chi connectivity index (χ0) is 15.4. The Labute approximate surface area is 123 Å². The highest BCUT2D eigenvalue weighted by molar-refractivity contribution is 5.95. The van der Waals surface area contributed by atoms with E-state index in [1.807, 2.05) is 0 Å². The van der Waals surface area contributed by atoms with Crippen molar-refractivity contribution in [1.29, 1.82) is 0 Å². The van der Waals surface area contributed by atoms with Gasteiger partial charge in [-0.2, -0.15) is 0 Å². The Morgan fingerprint density at radius 3 is 2.71 bits per heavy atom. The number of hydrogen-bond donors (Lipinski definition) is 3. The number of halogens is 1. The molecule has 6 heteroatoms. The number of benzene rings is 1. The summed E-state index contributed by atoms with van der Waals surface area (Å²) in [5.74, 6) is -0.871. The fourth-order valence-electron chi connectivity index (χ4n) is 1.91. The Kier molecular flexibility index (Phi) is 4.77. The molecule has 0 atom stereocenters. The van der Waals surface area contributed by atoms with E-state index in [4.69, 9.17) is 5.73 Å². The quantitative estimate of drug-likeness (QED) is 0.549. The molecule has 114 valence electrons. The van der Waals surface area contributed by atoms with Crippen LogP contribution in [0.4, 0.5) is 10.1 Å². The van der Waals surface area contributed by atoms with Crippen LogP contribution in [-0.2, 0) is 4.79 Å². The predicted octanol–water partition coefficient (Wildman–Crippen LogP) is 1.50. The lowest BCUT2D eigenvalue weighted by molar-refractivity contribution is -0.121. The van der Waals surface area contributed by atoms with Crippen LogP contribution in [0.25, 0.3) is 0 Å². The minimum Gasteiger partial charge on any atom is -0.398 e. The minimum absolute atomic E-state index is 0.0115. The fraction of sp³-hybridized carbons (Fsp3) is 0.467. The van der Waals surface area contributed by atoms with Crippen molar-refractivity contribution in [3.05, 3.63) is 29.1 Å². The van der Waals surface area contributed by atoms with E-state index in [9.17, 15) is 14.0 Å². The van der Waals surface area contributed by atoms with Gasteiger partial charge in [-0.15, -0.1) is 0 Å². The van der Waals surface area contributed by atoms with Gasteiger partial charge in [0.25, 0.3) is 5.91 Å². The van der Waals surface area contributed by atoms with Gasteiger partial charge in [0, 0.05) is 35.8 Å². The number of rotatable bonds is 6. The van der Waals surface area contributed by atoms with Crippen molar-refractivity contribution >= 4 is 17.5 Å². The van der Waals surface area contributed by atoms with E-state index in [1.165, 1.54) is 12.1 Å². The molecule has 5 nitrogen and oxygen atoms in total. The maximum Gasteiger partial charge on any atom is 0.251 e. The average Bonchev–Trinajstić information content (AvgIpc) is 3.24. The van der Waals surface area contributed by atoms with Gasteiger partial charge >= 0.3 is 0 Å². The summed E-state index contributed by atoms with van der Waals surface area (Å²) in [5, 5.41) is 5.53. The van der Waals surface area contributed by atoms with E-state index in [-0.39, 0.29) is 23.1 Å². The Hall–Kier alpha value is -2.11. The molecule has 0 unspecified atom stereocenters. The van der Waals surface area contributed by atoms with Crippen molar-refractivity contribution in [3.8, 4) is 0 Å². The minimum atomic E-state index is -0.496. The molecule has 21 heavy (non-hydrogen) atoms. The van der Waals surface area contributed by atoms with Crippen molar-refractivity contribution in [2.45, 2.75) is 38.6 Å². The van der Waals surface area contributed by atoms with Crippen LogP contribution in [0.2, 0.25) is 0 Å². The first-order valence-electron chi connectivity index (χ1n) is 7.10. The molecule has 1 fully saturated rings. The molecule has 1 aliphatic rings. The summed E-state index contributed by atoms with van der Waals surface area (Å²) in [6, 6.07) is 2.97. The standard InChI is InChI=1S/C15H20FN3O2/c1-9-12(16)7-10(8-13(9)17)15(21)18-6-2-3-14(20)19-11-4-5-11/h7-8,11H,2-6,17H2,1H3,(H,18,21)(H,19,20). The largest absolute Gasteiger partial charge is 0.398 e. The summed E-state index contributed by atoms with van der Waals surface area (Å²) in [4.78, 5) is 23.3. The second-order valence-corrected chi connectivity index (χ2v) is 5.37. The van der Waals surface area contributed by atoms with Crippen LogP contribution in [0.5, 0.6) is 0 Å². The number of nitrogens with one attached hydrogen (secondary N) is 2. The zero-order valence-corrected chi connectivity index (χ0v) is 12.0. The van der Waals surface area contributed by atoms with Gasteiger partial charge in [-0.05, 0) is 38.3 Å². The third-order valence-corrected chi connectivity index (χ3v) is 3.46. The molecule has 0 spiro atoms. The van der Waals surface area contributed by atoms with Gasteiger partial charge in [-0.1, -0.05) is 0 Å². The Morgan fingerprint density at radius 1 is 1.38 bits per heavy atom. The molecule has 0 saturated heterocycles. The lowest BCUT2D eigenvalue weighted by atomic mass is 10.1. The molecule has 0 heterocycles. The second kappa shape index (κ2) is 6.56. The molecule has 2 amide bonds. The molecule has 4 N–H and O–H groups in total. The van der Waals surface area contributed by atoms with E-state index < -0.39 is 5.82 Å². The zero-order valence-electron chi connectivity index (χ0n) is 12.0. The van der Waals surface area contributed by atoms with Crippen molar-refractivity contribution < 1.29 is 14.0 Å². The van der Waals surface area contributed by atoms with Crippen molar-refractivity contribution in [2.24, 2.45) is 0 Å². The molecule has 1 aromatic rings. The van der Waals surface area contributed by atoms with E-state index in [1.54, 1.807) is 6.92 Å². The average molecular weight is 293 g/mol. The number of anilines is 1. The van der Waals surface area contributed by atoms with Gasteiger partial charge in [-0.25, -0.2) is 4.39 Å². The molecule has 0 radical (unpaired) electrons. The highest BCUT2D eigenvalue weighted by Crippen LogP contribution is 2.19. The molecule has 0 aliphatic heterocycles. The first-order chi connectivity index (χ1) is 9.97. The summed E-state index contributed by atoms with van der Waals surface area (Å²) in [7, 11) is 0. The molecular weight excluding hydrogens is 273 g/mol. The van der Waals surface area contributed by atoms with Crippen LogP contribution in [0, 0.1) is 12.7 Å². The van der Waals surface area contributed by atoms with E-state index in [2.05, 4.69) is 10.6 Å². The summed E-state index contributed by atoms with van der Waals surface area (Å²) in [5.41, 5.74) is 6.42. The molecular formula is C15H20FN3O2. The second-order valence-electron chi connectivity index (χ2n) is 5.37. The molecule has 0 aromatic heterocycles. The predicted molar refractivity (Wildman–Crippen MR) is 78.3 cm³/mol. The van der Waals surface area contributed by atoms with Crippen LogP contribution in [-0.4, -0.2) is 24.4 Å². The number of carbonyl (C=O) groups is 2. The SMILES string of the molecule is Cc1c(N)cc(C(=O)NCCCC(=O)NC2CC2)cc1F. The summed E-state index contributed by atoms with van der Waals surface area (Å²) < 4.78 is 13.5. The number of nitrogen functional groups attached to an aromatic ring is 1. The summed E-state index contributed by atoms with van der Waals surface area (Å²) in [6.45, 7) is 1.93. The van der Waals surface area contributed by atoms with Gasteiger partial charge < -0.3 is 16.4 Å². The molecule has 2 rings (SSSR count). The van der Waals surface area contributed by atoms with Gasteiger partial charge in [0.2, 0.25) is 5.91 Å². The van der Waals surface area contributed by atoms with Gasteiger partial charge in [0.15, 0.2) is 0 Å². The number of amides is 2. The van der Waals surface area contributed by atoms with Crippen LogP contribution < -0.4 is 16.4 Å². The lowest BCUT2D eigenvalue weighted by Crippen LogP contribution is -2.28. The topological polar surface area (TPSA) is 84.2 Å². The third kappa shape index (κ3) is 4.44. The monoisotopic (exact) mass is 293 g/mol. The smallest absolute Gasteiger partial charge is 0.251 e. The van der Waals surface area contributed by atoms with Crippen LogP contribution in [0.1, 0.15) is 41.6 Å². The Morgan fingerprint density at radius 2 is 2.10 bits per heavy atom. The first kappa shape index (κ1) is 15.3. The molecule has 0 bridgehead atoms. The lowest BCUT2D eigenvalue weighted by Gasteiger charge is -2.08. The number of carbonyl (C=O) groups excluding carboxylic acids is 2. The highest BCUT2D eigenvalue weighted by Gasteiger charge is 2.22. The van der Waals surface area contributed by atoms with Crippen LogP contribution >= 0.6 is 0 Å². The first-order valence-corrected chi connectivity index (χ1v) is 7.10. The van der Waals surface area contributed by atoms with Crippen LogP contribution in [0.15, 0.2) is 12.1 Å². The normalized spacial score (nSPS) is 13.8. The Bertz CT molecular complexity index is 533. The number of nitrogens with two attached hydrogens (primary N) is 1. The third-order valence-electron chi connectivity index (χ3n) is 3.46. The summed E-state index contributed by atoms with van der Waals surface area (Å²) in [6.07, 6.45) is 3.04.